The molecule has 0 spiro atoms. The molecule has 19 heavy (non-hydrogen) atoms. The number of aliphatic hydroxyl groups is 1. The smallest absolute Gasteiger partial charge is 0.0787 e. The molecule has 1 atom stereocenters. The molecule has 0 saturated carbocycles. The molecule has 1 unspecified atom stereocenters. The third kappa shape index (κ3) is 3.35. The molecule has 0 saturated heterocycles. The minimum atomic E-state index is -0.363. The van der Waals surface area contributed by atoms with Gasteiger partial charge in [0.25, 0.3) is 0 Å². The maximum Gasteiger partial charge on any atom is 0.0787 e. The van der Waals surface area contributed by atoms with Gasteiger partial charge < -0.3 is 10.0 Å². The lowest BCUT2D eigenvalue weighted by atomic mass is 10.1. The lowest BCUT2D eigenvalue weighted by molar-refractivity contribution is 0.173. The van der Waals surface area contributed by atoms with Crippen molar-refractivity contribution >= 4 is 5.69 Å². The Hall–Kier alpha value is -1.81. The summed E-state index contributed by atoms with van der Waals surface area (Å²) in [6, 6.07) is 8.07. The van der Waals surface area contributed by atoms with Crippen LogP contribution in [0.5, 0.6) is 0 Å². The van der Waals surface area contributed by atoms with E-state index < -0.39 is 0 Å². The summed E-state index contributed by atoms with van der Waals surface area (Å²) in [6.45, 7) is 2.80. The monoisotopic (exact) mass is 259 g/mol. The molecule has 0 radical (unpaired) electrons. The Balaban J connectivity index is 2.05. The van der Waals surface area contributed by atoms with E-state index in [9.17, 15) is 5.11 Å². The molecule has 0 aliphatic rings. The fourth-order valence-electron chi connectivity index (χ4n) is 2.11. The molecule has 0 aliphatic carbocycles. The zero-order valence-electron chi connectivity index (χ0n) is 11.7. The number of hydrogen-bond donors (Lipinski definition) is 1. The maximum atomic E-state index is 9.77. The topological polar surface area (TPSA) is 41.3 Å². The Morgan fingerprint density at radius 3 is 2.53 bits per heavy atom. The first-order valence-electron chi connectivity index (χ1n) is 6.57. The van der Waals surface area contributed by atoms with Crippen LogP contribution >= 0.6 is 0 Å². The van der Waals surface area contributed by atoms with Gasteiger partial charge in [-0.15, -0.1) is 0 Å². The van der Waals surface area contributed by atoms with Crippen LogP contribution in [-0.2, 0) is 13.6 Å². The van der Waals surface area contributed by atoms with Crippen LogP contribution in [0.2, 0.25) is 0 Å². The molecule has 0 fully saturated rings. The zero-order chi connectivity index (χ0) is 13.8. The first-order chi connectivity index (χ1) is 9.10. The van der Waals surface area contributed by atoms with Crippen LogP contribution in [0.25, 0.3) is 0 Å². The summed E-state index contributed by atoms with van der Waals surface area (Å²) in [5.41, 5.74) is 3.29. The van der Waals surface area contributed by atoms with Gasteiger partial charge in [-0.05, 0) is 24.1 Å². The summed E-state index contributed by atoms with van der Waals surface area (Å²) >= 11 is 0. The summed E-state index contributed by atoms with van der Waals surface area (Å²) in [5.74, 6) is 0. The highest BCUT2D eigenvalue weighted by atomic mass is 16.3. The van der Waals surface area contributed by atoms with E-state index >= 15 is 0 Å². The minimum absolute atomic E-state index is 0.363. The van der Waals surface area contributed by atoms with E-state index in [-0.39, 0.29) is 6.10 Å². The lowest BCUT2D eigenvalue weighted by Gasteiger charge is -2.19. The van der Waals surface area contributed by atoms with Gasteiger partial charge in [-0.25, -0.2) is 0 Å². The van der Waals surface area contributed by atoms with Crippen LogP contribution < -0.4 is 4.90 Å². The van der Waals surface area contributed by atoms with Crippen molar-refractivity contribution in [2.75, 3.05) is 11.9 Å². The Morgan fingerprint density at radius 1 is 1.32 bits per heavy atom. The molecule has 0 amide bonds. The van der Waals surface area contributed by atoms with Gasteiger partial charge in [0.2, 0.25) is 0 Å². The molecule has 1 aromatic heterocycles. The summed E-state index contributed by atoms with van der Waals surface area (Å²) in [6.07, 6.45) is 4.28. The van der Waals surface area contributed by atoms with E-state index in [1.54, 1.807) is 0 Å². The Bertz CT molecular complexity index is 518. The number of aryl methyl sites for hydroxylation is 1. The van der Waals surface area contributed by atoms with Gasteiger partial charge in [-0.2, -0.15) is 5.10 Å². The maximum absolute atomic E-state index is 9.77. The molecule has 102 valence electrons. The second-order valence-electron chi connectivity index (χ2n) is 4.89. The molecule has 4 nitrogen and oxygen atoms in total. The zero-order valence-corrected chi connectivity index (χ0v) is 11.7. The molecule has 2 aromatic rings. The number of aromatic nitrogens is 2. The van der Waals surface area contributed by atoms with Crippen molar-refractivity contribution in [3.63, 3.8) is 0 Å². The number of aliphatic hydroxyl groups excluding tert-OH is 1. The molecular formula is C15H21N3O. The molecule has 1 aromatic carbocycles. The number of benzene rings is 1. The van der Waals surface area contributed by atoms with E-state index in [1.165, 1.54) is 5.56 Å². The Labute approximate surface area is 114 Å². The van der Waals surface area contributed by atoms with E-state index in [0.29, 0.717) is 0 Å². The average Bonchev–Trinajstić information content (AvgIpc) is 2.83. The third-order valence-electron chi connectivity index (χ3n) is 3.28. The van der Waals surface area contributed by atoms with E-state index in [4.69, 9.17) is 0 Å². The van der Waals surface area contributed by atoms with Crippen molar-refractivity contribution in [1.29, 1.82) is 0 Å². The van der Waals surface area contributed by atoms with Crippen molar-refractivity contribution in [3.05, 3.63) is 47.8 Å². The highest BCUT2D eigenvalue weighted by molar-refractivity contribution is 5.47. The van der Waals surface area contributed by atoms with Crippen LogP contribution in [0, 0.1) is 0 Å². The van der Waals surface area contributed by atoms with E-state index in [1.807, 2.05) is 55.3 Å². The van der Waals surface area contributed by atoms with Crippen molar-refractivity contribution in [3.8, 4) is 0 Å². The van der Waals surface area contributed by atoms with Crippen LogP contribution in [-0.4, -0.2) is 21.9 Å². The summed E-state index contributed by atoms with van der Waals surface area (Å²) in [7, 11) is 3.97. The van der Waals surface area contributed by atoms with E-state index in [2.05, 4.69) is 17.0 Å². The largest absolute Gasteiger partial charge is 0.388 e. The number of anilines is 1. The van der Waals surface area contributed by atoms with Crippen LogP contribution in [0.15, 0.2) is 36.7 Å². The van der Waals surface area contributed by atoms with E-state index in [0.717, 1.165) is 24.2 Å². The quantitative estimate of drug-likeness (QED) is 0.897. The van der Waals surface area contributed by atoms with Gasteiger partial charge in [0, 0.05) is 38.1 Å². The van der Waals surface area contributed by atoms with Crippen LogP contribution in [0.1, 0.15) is 30.6 Å². The number of nitrogens with zero attached hydrogens (tertiary/aromatic N) is 3. The predicted molar refractivity (Wildman–Crippen MR) is 77.0 cm³/mol. The van der Waals surface area contributed by atoms with Gasteiger partial charge >= 0.3 is 0 Å². The first-order valence-corrected chi connectivity index (χ1v) is 6.57. The molecule has 1 N–H and O–H groups in total. The second kappa shape index (κ2) is 5.89. The summed E-state index contributed by atoms with van der Waals surface area (Å²) in [4.78, 5) is 2.17. The SMILES string of the molecule is CCC(O)c1ccc(N(C)Cc2cnn(C)c2)cc1. The Kier molecular flexibility index (Phi) is 4.22. The molecule has 2 rings (SSSR count). The molecular weight excluding hydrogens is 238 g/mol. The highest BCUT2D eigenvalue weighted by Gasteiger charge is 2.07. The normalized spacial score (nSPS) is 12.4. The molecule has 0 bridgehead atoms. The third-order valence-corrected chi connectivity index (χ3v) is 3.28. The minimum Gasteiger partial charge on any atom is -0.388 e. The highest BCUT2D eigenvalue weighted by Crippen LogP contribution is 2.21. The number of rotatable bonds is 5. The first kappa shape index (κ1) is 13.6. The second-order valence-corrected chi connectivity index (χ2v) is 4.89. The van der Waals surface area contributed by atoms with Gasteiger partial charge in [0.1, 0.15) is 0 Å². The average molecular weight is 259 g/mol. The van der Waals surface area contributed by atoms with Crippen LogP contribution in [0.4, 0.5) is 5.69 Å². The van der Waals surface area contributed by atoms with Crippen LogP contribution in [0.3, 0.4) is 0 Å². The van der Waals surface area contributed by atoms with Gasteiger partial charge in [-0.3, -0.25) is 4.68 Å². The summed E-state index contributed by atoms with van der Waals surface area (Å²) < 4.78 is 1.81. The summed E-state index contributed by atoms with van der Waals surface area (Å²) in [5, 5.41) is 13.9. The Morgan fingerprint density at radius 2 is 2.00 bits per heavy atom. The molecule has 0 aliphatic heterocycles. The predicted octanol–water partition coefficient (Wildman–Crippen LogP) is 2.50. The molecule has 1 heterocycles. The fraction of sp³-hybridized carbons (Fsp3) is 0.400. The lowest BCUT2D eigenvalue weighted by Crippen LogP contribution is -2.16. The molecule has 4 heteroatoms. The van der Waals surface area contributed by atoms with Crippen molar-refractivity contribution in [2.24, 2.45) is 7.05 Å². The van der Waals surface area contributed by atoms with Gasteiger partial charge in [-0.1, -0.05) is 19.1 Å². The van der Waals surface area contributed by atoms with Crippen molar-refractivity contribution in [2.45, 2.75) is 26.0 Å². The van der Waals surface area contributed by atoms with Crippen molar-refractivity contribution in [1.82, 2.24) is 9.78 Å². The van der Waals surface area contributed by atoms with Crippen molar-refractivity contribution < 1.29 is 5.11 Å². The van der Waals surface area contributed by atoms with Gasteiger partial charge in [0.05, 0.1) is 12.3 Å². The van der Waals surface area contributed by atoms with Gasteiger partial charge in [0.15, 0.2) is 0 Å². The standard InChI is InChI=1S/C15H21N3O/c1-4-15(19)13-5-7-14(8-6-13)17(2)10-12-9-16-18(3)11-12/h5-9,11,15,19H,4,10H2,1-3H3. The number of hydrogen-bond acceptors (Lipinski definition) is 3. The fourth-order valence-corrected chi connectivity index (χ4v) is 2.11.